The average molecular weight is 370 g/mol. The summed E-state index contributed by atoms with van der Waals surface area (Å²) in [5.41, 5.74) is 2.19. The lowest BCUT2D eigenvalue weighted by Gasteiger charge is -2.22. The van der Waals surface area contributed by atoms with E-state index >= 15 is 0 Å². The lowest BCUT2D eigenvalue weighted by molar-refractivity contribution is -0.123. The predicted molar refractivity (Wildman–Crippen MR) is 103 cm³/mol. The molecule has 1 N–H and O–H groups in total. The Morgan fingerprint density at radius 2 is 2.15 bits per heavy atom. The number of aryl methyl sites for hydroxylation is 1. The quantitative estimate of drug-likeness (QED) is 0.790. The van der Waals surface area contributed by atoms with E-state index in [0.717, 1.165) is 55.3 Å². The van der Waals surface area contributed by atoms with Crippen molar-refractivity contribution in [3.8, 4) is 5.75 Å². The fourth-order valence-electron chi connectivity index (χ4n) is 4.33. The third-order valence-corrected chi connectivity index (χ3v) is 5.76. The number of benzene rings is 1. The number of carbonyl (C=O) groups excluding carboxylic acids is 1. The van der Waals surface area contributed by atoms with E-state index in [4.69, 9.17) is 9.15 Å². The Hall–Kier alpha value is -2.34. The number of nitrogens with one attached hydrogen (secondary N) is 1. The van der Waals surface area contributed by atoms with Crippen LogP contribution in [0.4, 0.5) is 0 Å². The first-order chi connectivity index (χ1) is 13.2. The molecule has 2 aliphatic rings. The number of likely N-dealkylation sites (N-methyl/N-ethyl adjacent to an activating group) is 1. The monoisotopic (exact) mass is 370 g/mol. The van der Waals surface area contributed by atoms with Gasteiger partial charge in [-0.1, -0.05) is 6.92 Å². The van der Waals surface area contributed by atoms with Gasteiger partial charge in [-0.2, -0.15) is 0 Å². The number of ether oxygens (including phenoxy) is 1. The van der Waals surface area contributed by atoms with Crippen LogP contribution < -0.4 is 15.7 Å². The standard InChI is InChI=1S/C21H26N2O4/c1-2-23-10-4-5-14(23)12-22-20(24)13-26-15-8-9-17-16-6-3-7-18(16)21(25)27-19(17)11-15/h8-9,11,14H,2-7,10,12-13H2,1H3,(H,22,24)/t14-/m1/s1. The molecule has 0 bridgehead atoms. The highest BCUT2D eigenvalue weighted by Gasteiger charge is 2.23. The van der Waals surface area contributed by atoms with E-state index in [9.17, 15) is 9.59 Å². The topological polar surface area (TPSA) is 71.8 Å². The van der Waals surface area contributed by atoms with E-state index in [1.807, 2.05) is 12.1 Å². The highest BCUT2D eigenvalue weighted by molar-refractivity contribution is 5.83. The zero-order valence-corrected chi connectivity index (χ0v) is 15.8. The van der Waals surface area contributed by atoms with Crippen molar-refractivity contribution in [1.82, 2.24) is 10.2 Å². The smallest absolute Gasteiger partial charge is 0.339 e. The van der Waals surface area contributed by atoms with Crippen LogP contribution in [-0.4, -0.2) is 43.1 Å². The average Bonchev–Trinajstić information content (AvgIpc) is 3.34. The number of hydrogen-bond donors (Lipinski definition) is 1. The van der Waals surface area contributed by atoms with Crippen LogP contribution in [0.15, 0.2) is 27.4 Å². The summed E-state index contributed by atoms with van der Waals surface area (Å²) in [7, 11) is 0. The molecular formula is C21H26N2O4. The molecule has 1 atom stereocenters. The second-order valence-electron chi connectivity index (χ2n) is 7.38. The lowest BCUT2D eigenvalue weighted by Crippen LogP contribution is -2.41. The SMILES string of the molecule is CCN1CCC[C@@H]1CNC(=O)COc1ccc2c3c(c(=O)oc2c1)CCC3. The van der Waals surface area contributed by atoms with Gasteiger partial charge in [0.05, 0.1) is 0 Å². The van der Waals surface area contributed by atoms with E-state index in [1.54, 1.807) is 6.07 Å². The van der Waals surface area contributed by atoms with Crippen LogP contribution in [0, 0.1) is 0 Å². The summed E-state index contributed by atoms with van der Waals surface area (Å²) in [5, 5.41) is 3.93. The Balaban J connectivity index is 1.37. The maximum atomic E-state index is 12.1. The number of likely N-dealkylation sites (tertiary alicyclic amines) is 1. The summed E-state index contributed by atoms with van der Waals surface area (Å²) in [6.07, 6.45) is 5.02. The van der Waals surface area contributed by atoms with Crippen molar-refractivity contribution in [2.45, 2.75) is 45.1 Å². The Kier molecular flexibility index (Phi) is 5.16. The molecule has 1 aromatic heterocycles. The van der Waals surface area contributed by atoms with Crippen molar-refractivity contribution in [1.29, 1.82) is 0 Å². The molecule has 144 valence electrons. The molecule has 1 aliphatic heterocycles. The minimum atomic E-state index is -0.248. The molecule has 0 spiro atoms. The van der Waals surface area contributed by atoms with Crippen LogP contribution in [0.1, 0.15) is 37.3 Å². The summed E-state index contributed by atoms with van der Waals surface area (Å²) in [6, 6.07) is 5.89. The molecule has 0 radical (unpaired) electrons. The molecular weight excluding hydrogens is 344 g/mol. The summed E-state index contributed by atoms with van der Waals surface area (Å²) < 4.78 is 11.1. The largest absolute Gasteiger partial charge is 0.484 e. The van der Waals surface area contributed by atoms with Gasteiger partial charge in [0.25, 0.3) is 5.91 Å². The number of nitrogens with zero attached hydrogens (tertiary/aromatic N) is 1. The van der Waals surface area contributed by atoms with Gasteiger partial charge in [-0.15, -0.1) is 0 Å². The number of hydrogen-bond acceptors (Lipinski definition) is 5. The van der Waals surface area contributed by atoms with Gasteiger partial charge >= 0.3 is 5.63 Å². The second kappa shape index (κ2) is 7.72. The molecule has 1 saturated heterocycles. The van der Waals surface area contributed by atoms with Gasteiger partial charge in [0.1, 0.15) is 11.3 Å². The first-order valence-corrected chi connectivity index (χ1v) is 9.88. The van der Waals surface area contributed by atoms with E-state index < -0.39 is 0 Å². The van der Waals surface area contributed by atoms with Crippen LogP contribution in [0.3, 0.4) is 0 Å². The predicted octanol–water partition coefficient (Wildman–Crippen LogP) is 2.26. The van der Waals surface area contributed by atoms with Crippen LogP contribution in [-0.2, 0) is 17.6 Å². The van der Waals surface area contributed by atoms with Gasteiger partial charge in [-0.25, -0.2) is 4.79 Å². The van der Waals surface area contributed by atoms with Crippen molar-refractivity contribution in [2.24, 2.45) is 0 Å². The van der Waals surface area contributed by atoms with Gasteiger partial charge < -0.3 is 14.5 Å². The molecule has 6 heteroatoms. The minimum Gasteiger partial charge on any atom is -0.484 e. The fraction of sp³-hybridized carbons (Fsp3) is 0.524. The molecule has 27 heavy (non-hydrogen) atoms. The second-order valence-corrected chi connectivity index (χ2v) is 7.38. The van der Waals surface area contributed by atoms with Crippen molar-refractivity contribution in [2.75, 3.05) is 26.2 Å². The van der Waals surface area contributed by atoms with E-state index in [0.29, 0.717) is 23.9 Å². The molecule has 2 aromatic rings. The third-order valence-electron chi connectivity index (χ3n) is 5.76. The Morgan fingerprint density at radius 1 is 1.30 bits per heavy atom. The van der Waals surface area contributed by atoms with Gasteiger partial charge in [0, 0.05) is 29.6 Å². The lowest BCUT2D eigenvalue weighted by atomic mass is 10.1. The molecule has 0 unspecified atom stereocenters. The first-order valence-electron chi connectivity index (χ1n) is 9.88. The van der Waals surface area contributed by atoms with Crippen molar-refractivity contribution in [3.63, 3.8) is 0 Å². The molecule has 4 rings (SSSR count). The van der Waals surface area contributed by atoms with Gasteiger partial charge in [-0.3, -0.25) is 9.69 Å². The van der Waals surface area contributed by atoms with Crippen molar-refractivity contribution in [3.05, 3.63) is 39.7 Å². The summed E-state index contributed by atoms with van der Waals surface area (Å²) >= 11 is 0. The third kappa shape index (κ3) is 3.72. The molecule has 0 saturated carbocycles. The minimum absolute atomic E-state index is 0.0421. The van der Waals surface area contributed by atoms with Crippen LogP contribution in [0.2, 0.25) is 0 Å². The van der Waals surface area contributed by atoms with E-state index in [2.05, 4.69) is 17.1 Å². The molecule has 1 amide bonds. The normalized spacial score (nSPS) is 19.4. The Morgan fingerprint density at radius 3 is 3.00 bits per heavy atom. The van der Waals surface area contributed by atoms with Gasteiger partial charge in [0.2, 0.25) is 0 Å². The highest BCUT2D eigenvalue weighted by Crippen LogP contribution is 2.29. The summed E-state index contributed by atoms with van der Waals surface area (Å²) in [4.78, 5) is 26.6. The van der Waals surface area contributed by atoms with Crippen LogP contribution in [0.5, 0.6) is 5.75 Å². The molecule has 6 nitrogen and oxygen atoms in total. The van der Waals surface area contributed by atoms with Crippen molar-refractivity contribution >= 4 is 16.9 Å². The number of amides is 1. The van der Waals surface area contributed by atoms with Crippen molar-refractivity contribution < 1.29 is 13.9 Å². The first kappa shape index (κ1) is 18.0. The zero-order chi connectivity index (χ0) is 18.8. The summed E-state index contributed by atoms with van der Waals surface area (Å²) in [6.45, 7) is 4.90. The number of rotatable bonds is 6. The Labute approximate surface area is 158 Å². The Bertz CT molecular complexity index is 905. The maximum Gasteiger partial charge on any atom is 0.339 e. The fourth-order valence-corrected chi connectivity index (χ4v) is 4.33. The van der Waals surface area contributed by atoms with Crippen LogP contribution in [0.25, 0.3) is 11.0 Å². The van der Waals surface area contributed by atoms with Crippen LogP contribution >= 0.6 is 0 Å². The maximum absolute atomic E-state index is 12.1. The van der Waals surface area contributed by atoms with Gasteiger partial charge in [0.15, 0.2) is 6.61 Å². The summed E-state index contributed by atoms with van der Waals surface area (Å²) in [5.74, 6) is 0.406. The molecule has 1 aromatic carbocycles. The zero-order valence-electron chi connectivity index (χ0n) is 15.8. The highest BCUT2D eigenvalue weighted by atomic mass is 16.5. The molecule has 1 fully saturated rings. The molecule has 1 aliphatic carbocycles. The number of fused-ring (bicyclic) bond motifs is 3. The van der Waals surface area contributed by atoms with Gasteiger partial charge in [-0.05, 0) is 62.9 Å². The molecule has 2 heterocycles. The van der Waals surface area contributed by atoms with E-state index in [1.165, 1.54) is 6.42 Å². The van der Waals surface area contributed by atoms with E-state index in [-0.39, 0.29) is 18.1 Å². The number of carbonyl (C=O) groups is 1.